The van der Waals surface area contributed by atoms with Crippen molar-refractivity contribution in [3.05, 3.63) is 112 Å². The molecule has 13 nitrogen and oxygen atoms in total. The Morgan fingerprint density at radius 3 is 2.36 bits per heavy atom. The highest BCUT2D eigenvalue weighted by atomic mass is 32.2. The van der Waals surface area contributed by atoms with Gasteiger partial charge in [0.2, 0.25) is 10.0 Å². The van der Waals surface area contributed by atoms with Crippen molar-refractivity contribution in [1.29, 1.82) is 0 Å². The number of anilines is 2. The number of likely N-dealkylation sites (tertiary alicyclic amines) is 1. The van der Waals surface area contributed by atoms with Crippen LogP contribution in [0, 0.1) is 5.82 Å². The number of amides is 1. The maximum Gasteiger partial charge on any atom is 0.261 e. The van der Waals surface area contributed by atoms with E-state index in [0.29, 0.717) is 65.6 Å². The molecule has 1 fully saturated rings. The molecular weight excluding hydrogens is 762 g/mol. The van der Waals surface area contributed by atoms with Crippen LogP contribution in [0.15, 0.2) is 99.3 Å². The molecule has 18 heteroatoms. The van der Waals surface area contributed by atoms with E-state index in [9.17, 15) is 30.4 Å². The molecule has 1 amide bonds. The van der Waals surface area contributed by atoms with Gasteiger partial charge < -0.3 is 9.73 Å². The molecule has 0 aliphatic carbocycles. The number of halogens is 3. The minimum atomic E-state index is -3.86. The second-order valence-electron chi connectivity index (χ2n) is 13.4. The molecule has 0 spiro atoms. The van der Waals surface area contributed by atoms with Crippen LogP contribution in [-0.4, -0.2) is 95.6 Å². The molecule has 0 atom stereocenters. The third kappa shape index (κ3) is 7.25. The summed E-state index contributed by atoms with van der Waals surface area (Å²) in [6, 6.07) is 16.1. The van der Waals surface area contributed by atoms with Gasteiger partial charge in [-0.25, -0.2) is 22.2 Å². The van der Waals surface area contributed by atoms with E-state index in [-0.39, 0.29) is 39.6 Å². The number of nitrogens with one attached hydrogen (secondary N) is 1. The second kappa shape index (κ2) is 14.0. The van der Waals surface area contributed by atoms with Gasteiger partial charge in [-0.1, -0.05) is 22.7 Å². The molecular formula is C37H35F3N6O7S2. The van der Waals surface area contributed by atoms with E-state index < -0.39 is 38.0 Å². The van der Waals surface area contributed by atoms with Gasteiger partial charge in [-0.3, -0.25) is 23.5 Å². The number of para-hydroxylation sites is 1. The van der Waals surface area contributed by atoms with E-state index in [1.165, 1.54) is 56.6 Å². The van der Waals surface area contributed by atoms with Crippen LogP contribution < -0.4 is 14.5 Å². The molecule has 3 aromatic carbocycles. The first-order valence-corrected chi connectivity index (χ1v) is 20.5. The first-order valence-electron chi connectivity index (χ1n) is 16.8. The van der Waals surface area contributed by atoms with Crippen molar-refractivity contribution in [2.45, 2.75) is 12.6 Å². The molecule has 55 heavy (non-hydrogen) atoms. The summed E-state index contributed by atoms with van der Waals surface area (Å²) in [6.45, 7) is 0.977. The lowest BCUT2D eigenvalue weighted by molar-refractivity contribution is 0.0806. The summed E-state index contributed by atoms with van der Waals surface area (Å²) in [5.74, 6) is -0.188. The van der Waals surface area contributed by atoms with Crippen LogP contribution >= 0.6 is 0 Å². The Labute approximate surface area is 315 Å². The largest absolute Gasteiger partial charge is 0.455 e. The Morgan fingerprint density at radius 1 is 1.05 bits per heavy atom. The Kier molecular flexibility index (Phi) is 9.65. The Morgan fingerprint density at radius 2 is 1.73 bits per heavy atom. The van der Waals surface area contributed by atoms with Crippen LogP contribution in [-0.2, 0) is 26.6 Å². The summed E-state index contributed by atoms with van der Waals surface area (Å²) in [7, 11) is -4.73. The predicted octanol–water partition coefficient (Wildman–Crippen LogP) is 5.26. The number of benzene rings is 3. The van der Waals surface area contributed by atoms with Crippen LogP contribution in [0.25, 0.3) is 28.0 Å². The number of carbonyl (C=O) groups is 1. The van der Waals surface area contributed by atoms with E-state index in [1.54, 1.807) is 6.08 Å². The third-order valence-electron chi connectivity index (χ3n) is 9.45. The van der Waals surface area contributed by atoms with Gasteiger partial charge in [-0.05, 0) is 54.1 Å². The van der Waals surface area contributed by atoms with Crippen molar-refractivity contribution in [2.75, 3.05) is 55.4 Å². The van der Waals surface area contributed by atoms with Gasteiger partial charge in [0.15, 0.2) is 0 Å². The molecule has 4 aliphatic heterocycles. The zero-order valence-electron chi connectivity index (χ0n) is 29.9. The number of fused-ring (bicyclic) bond motifs is 5. The number of alkyl halides is 1. The highest BCUT2D eigenvalue weighted by Gasteiger charge is 2.41. The fourth-order valence-corrected chi connectivity index (χ4v) is 7.41. The van der Waals surface area contributed by atoms with E-state index >= 15 is 4.48 Å². The van der Waals surface area contributed by atoms with E-state index in [4.69, 9.17) is 14.0 Å². The summed E-state index contributed by atoms with van der Waals surface area (Å²) >= 11 is 0. The lowest BCUT2D eigenvalue weighted by atomic mass is 9.98. The van der Waals surface area contributed by atoms with Crippen molar-refractivity contribution in [1.82, 2.24) is 15.3 Å². The molecule has 288 valence electrons. The monoisotopic (exact) mass is 796 g/mol. The van der Waals surface area contributed by atoms with Crippen molar-refractivity contribution in [3.63, 3.8) is 0 Å². The highest BCUT2D eigenvalue weighted by Crippen LogP contribution is 2.47. The molecule has 0 bridgehead atoms. The first kappa shape index (κ1) is 37.9. The molecule has 0 unspecified atom stereocenters. The first-order chi connectivity index (χ1) is 25.9. The number of aliphatic imine (C=N–C) groups is 1. The lowest BCUT2D eigenvalue weighted by Gasteiger charge is -2.39. The second-order valence-corrected chi connectivity index (χ2v) is 16.8. The Bertz CT molecular complexity index is 2590. The average molecular weight is 797 g/mol. The summed E-state index contributed by atoms with van der Waals surface area (Å²) in [6.07, 6.45) is 4.45. The van der Waals surface area contributed by atoms with Crippen molar-refractivity contribution >= 4 is 59.9 Å². The Balaban J connectivity index is 0.000000875. The van der Waals surface area contributed by atoms with Crippen LogP contribution in [0.2, 0.25) is 0 Å². The fourth-order valence-electron chi connectivity index (χ4n) is 6.90. The van der Waals surface area contributed by atoms with Crippen molar-refractivity contribution in [3.8, 4) is 11.3 Å². The van der Waals surface area contributed by atoms with Gasteiger partial charge in [0, 0.05) is 56.2 Å². The van der Waals surface area contributed by atoms with E-state index in [2.05, 4.69) is 5.32 Å². The minimum absolute atomic E-state index is 0.00797. The van der Waals surface area contributed by atoms with Gasteiger partial charge in [0.1, 0.15) is 34.9 Å². The third-order valence-corrected chi connectivity index (χ3v) is 10.6. The number of nitrogens with zero attached hydrogens (tertiary/aromatic N) is 5. The number of sulfonamides is 1. The number of allylic oxidation sites excluding steroid dienone is 3. The smallest absolute Gasteiger partial charge is 0.261 e. The zero-order chi connectivity index (χ0) is 39.6. The van der Waals surface area contributed by atoms with Gasteiger partial charge in [0.25, 0.3) is 16.0 Å². The van der Waals surface area contributed by atoms with Crippen LogP contribution in [0.5, 0.6) is 0 Å². The number of rotatable bonds is 7. The van der Waals surface area contributed by atoms with Gasteiger partial charge in [-0.15, -0.1) is 0 Å². The lowest BCUT2D eigenvalue weighted by Crippen LogP contribution is -2.53. The van der Waals surface area contributed by atoms with Crippen LogP contribution in [0.1, 0.15) is 21.5 Å². The minimum Gasteiger partial charge on any atom is -0.455 e. The van der Waals surface area contributed by atoms with Gasteiger partial charge in [0.05, 0.1) is 53.1 Å². The van der Waals surface area contributed by atoms with Gasteiger partial charge in [-0.2, -0.15) is 13.5 Å². The molecule has 4 aromatic rings. The van der Waals surface area contributed by atoms with Crippen molar-refractivity contribution < 1.29 is 43.9 Å². The van der Waals surface area contributed by atoms with E-state index in [0.717, 1.165) is 21.8 Å². The molecule has 8 rings (SSSR count). The molecule has 1 saturated heterocycles. The zero-order valence-corrected chi connectivity index (χ0v) is 31.6. The molecule has 0 saturated carbocycles. The SMILES string of the molecule is CNC(=O)c1c(-c2ccc(F)cc2)oc2cc(N(C)S(C)(=O)=O)c(C3=CC=C4N=C(CN5CC(F)C5)N5C(=C4N3F)Cc3ccccc35)cc12.CS(=O)(=O)O. The summed E-state index contributed by atoms with van der Waals surface area (Å²) in [4.78, 5) is 22.1. The Hall–Kier alpha value is -5.43. The maximum absolute atomic E-state index is 17.2. The quantitative estimate of drug-likeness (QED) is 0.187. The number of furan rings is 1. The number of hydrogen-bond acceptors (Lipinski definition) is 10. The fraction of sp³-hybridized carbons (Fsp3) is 0.243. The topological polar surface area (TPSA) is 156 Å². The number of hydrogen-bond donors (Lipinski definition) is 2. The van der Waals surface area contributed by atoms with Gasteiger partial charge >= 0.3 is 0 Å². The van der Waals surface area contributed by atoms with Crippen molar-refractivity contribution in [2.24, 2.45) is 4.99 Å². The molecule has 2 N–H and O–H groups in total. The molecule has 5 heterocycles. The number of carbonyl (C=O) groups excluding carboxylic acids is 1. The standard InChI is InChI=1S/C36H31F3N6O4S.CH4O3S/c1-40-36(46)33-25-15-24(29(42(2)50(3,47)48)16-31(25)49-35(33)20-8-10-22(37)11-9-20)28-13-12-26-34(45(28)39)30-14-21-6-4-5-7-27(21)44(30)32(41-26)19-43-17-23(38)18-43;1-5(2,3)4/h4-13,15-16,23H,14,17-19H2,1-3H3,(H,40,46);1H3,(H,2,3,4). The maximum atomic E-state index is 17.2. The normalized spacial score (nSPS) is 17.0. The highest BCUT2D eigenvalue weighted by molar-refractivity contribution is 7.92. The van der Waals surface area contributed by atoms with E-state index in [1.807, 2.05) is 34.1 Å². The molecule has 0 radical (unpaired) electrons. The molecule has 1 aromatic heterocycles. The summed E-state index contributed by atoms with van der Waals surface area (Å²) in [5, 5.41) is 3.41. The van der Waals surface area contributed by atoms with Crippen LogP contribution in [0.3, 0.4) is 0 Å². The number of amidine groups is 1. The average Bonchev–Trinajstić information content (AvgIpc) is 3.68. The predicted molar refractivity (Wildman–Crippen MR) is 203 cm³/mol. The summed E-state index contributed by atoms with van der Waals surface area (Å²) < 4.78 is 104. The summed E-state index contributed by atoms with van der Waals surface area (Å²) in [5.41, 5.74) is 4.01. The van der Waals surface area contributed by atoms with Crippen LogP contribution in [0.4, 0.5) is 24.6 Å². The molecule has 4 aliphatic rings.